The molecule has 0 radical (unpaired) electrons. The third-order valence-electron chi connectivity index (χ3n) is 4.86. The van der Waals surface area contributed by atoms with Crippen LogP contribution in [0.3, 0.4) is 0 Å². The van der Waals surface area contributed by atoms with Crippen LogP contribution >= 0.6 is 0 Å². The van der Waals surface area contributed by atoms with E-state index in [1.807, 2.05) is 6.07 Å². The van der Waals surface area contributed by atoms with Crippen LogP contribution in [0, 0.1) is 0 Å². The number of hydrogen-bond donors (Lipinski definition) is 1. The van der Waals surface area contributed by atoms with Crippen molar-refractivity contribution < 1.29 is 4.79 Å². The number of benzene rings is 1. The van der Waals surface area contributed by atoms with Crippen molar-refractivity contribution in [1.29, 1.82) is 0 Å². The molecule has 1 N–H and O–H groups in total. The van der Waals surface area contributed by atoms with Crippen LogP contribution in [0.4, 0.5) is 0 Å². The number of hydrogen-bond acceptors (Lipinski definition) is 5. The van der Waals surface area contributed by atoms with Gasteiger partial charge in [-0.1, -0.05) is 12.1 Å². The molecule has 1 amide bonds. The van der Waals surface area contributed by atoms with E-state index in [1.165, 1.54) is 15.6 Å². The van der Waals surface area contributed by atoms with Crippen LogP contribution in [0.25, 0.3) is 10.9 Å². The monoisotopic (exact) mass is 365 g/mol. The van der Waals surface area contributed by atoms with Crippen molar-refractivity contribution in [2.24, 2.45) is 7.05 Å². The van der Waals surface area contributed by atoms with Crippen LogP contribution < -0.4 is 16.4 Å². The summed E-state index contributed by atoms with van der Waals surface area (Å²) in [6.07, 6.45) is 3.41. The van der Waals surface area contributed by atoms with E-state index in [0.29, 0.717) is 23.7 Å². The molecule has 8 nitrogen and oxygen atoms in total. The lowest BCUT2D eigenvalue weighted by molar-refractivity contribution is -0.122. The van der Waals surface area contributed by atoms with Gasteiger partial charge in [0.1, 0.15) is 6.54 Å². The van der Waals surface area contributed by atoms with Crippen LogP contribution in [0.5, 0.6) is 0 Å². The Morgan fingerprint density at radius 3 is 2.96 bits per heavy atom. The zero-order valence-corrected chi connectivity index (χ0v) is 14.9. The molecule has 27 heavy (non-hydrogen) atoms. The third-order valence-corrected chi connectivity index (χ3v) is 4.86. The Labute approximate surface area is 154 Å². The zero-order valence-electron chi connectivity index (χ0n) is 14.9. The molecule has 0 aliphatic heterocycles. The highest BCUT2D eigenvalue weighted by molar-refractivity contribution is 5.79. The van der Waals surface area contributed by atoms with Crippen molar-refractivity contribution in [2.75, 3.05) is 0 Å². The Hall–Kier alpha value is -3.29. The average Bonchev–Trinajstić information content (AvgIpc) is 2.65. The minimum atomic E-state index is -0.251. The summed E-state index contributed by atoms with van der Waals surface area (Å²) in [6, 6.07) is 8.55. The minimum absolute atomic E-state index is 0.0805. The first-order valence-electron chi connectivity index (χ1n) is 8.81. The predicted octanol–water partition coefficient (Wildman–Crippen LogP) is 0.164. The van der Waals surface area contributed by atoms with E-state index in [4.69, 9.17) is 0 Å². The summed E-state index contributed by atoms with van der Waals surface area (Å²) in [7, 11) is 1.63. The number of nitrogens with one attached hydrogen (secondary N) is 1. The molecule has 138 valence electrons. The molecule has 2 heterocycles. The zero-order chi connectivity index (χ0) is 19.0. The van der Waals surface area contributed by atoms with E-state index in [1.54, 1.807) is 31.3 Å². The van der Waals surface area contributed by atoms with Gasteiger partial charge in [-0.15, -0.1) is 0 Å². The Morgan fingerprint density at radius 1 is 1.30 bits per heavy atom. The topological polar surface area (TPSA) is 98.9 Å². The maximum absolute atomic E-state index is 12.5. The van der Waals surface area contributed by atoms with Crippen molar-refractivity contribution in [2.45, 2.75) is 31.8 Å². The molecule has 0 spiro atoms. The smallest absolute Gasteiger partial charge is 0.266 e. The number of amides is 1. The van der Waals surface area contributed by atoms with Gasteiger partial charge in [0.2, 0.25) is 5.91 Å². The van der Waals surface area contributed by atoms with Crippen molar-refractivity contribution >= 4 is 16.8 Å². The van der Waals surface area contributed by atoms with Crippen molar-refractivity contribution in [1.82, 2.24) is 24.6 Å². The maximum Gasteiger partial charge on any atom is 0.266 e. The van der Waals surface area contributed by atoms with Crippen molar-refractivity contribution in [3.8, 4) is 0 Å². The van der Waals surface area contributed by atoms with Gasteiger partial charge in [-0.3, -0.25) is 19.0 Å². The maximum atomic E-state index is 12.5. The molecule has 0 bridgehead atoms. The average molecular weight is 365 g/mol. The van der Waals surface area contributed by atoms with Crippen LogP contribution in [0.2, 0.25) is 0 Å². The molecule has 0 saturated carbocycles. The highest BCUT2D eigenvalue weighted by Gasteiger charge is 2.22. The van der Waals surface area contributed by atoms with Gasteiger partial charge in [-0.2, -0.15) is 5.10 Å². The van der Waals surface area contributed by atoms with Crippen LogP contribution in [-0.4, -0.2) is 31.3 Å². The number of carbonyl (C=O) groups is 1. The van der Waals surface area contributed by atoms with Gasteiger partial charge in [0.15, 0.2) is 0 Å². The van der Waals surface area contributed by atoms with E-state index in [9.17, 15) is 14.4 Å². The van der Waals surface area contributed by atoms with Gasteiger partial charge in [-0.05, 0) is 37.0 Å². The first-order chi connectivity index (χ1) is 13.0. The molecule has 3 aromatic rings. The number of fused-ring (bicyclic) bond motifs is 2. The Balaban J connectivity index is 1.47. The van der Waals surface area contributed by atoms with Crippen molar-refractivity contribution in [3.63, 3.8) is 0 Å². The number of rotatable bonds is 3. The van der Waals surface area contributed by atoms with Crippen LogP contribution in [-0.2, 0) is 31.2 Å². The van der Waals surface area contributed by atoms with Crippen LogP contribution in [0.15, 0.2) is 46.2 Å². The molecule has 2 aromatic heterocycles. The summed E-state index contributed by atoms with van der Waals surface area (Å²) in [5, 5.41) is 7.71. The quantitative estimate of drug-likeness (QED) is 0.713. The van der Waals surface area contributed by atoms with Gasteiger partial charge in [0, 0.05) is 19.2 Å². The normalized spacial score (nSPS) is 16.1. The van der Waals surface area contributed by atoms with E-state index < -0.39 is 0 Å². The lowest BCUT2D eigenvalue weighted by Crippen LogP contribution is -2.42. The summed E-state index contributed by atoms with van der Waals surface area (Å²) in [4.78, 5) is 40.9. The largest absolute Gasteiger partial charge is 0.351 e. The lowest BCUT2D eigenvalue weighted by atomic mass is 9.92. The van der Waals surface area contributed by atoms with Crippen LogP contribution in [0.1, 0.15) is 17.7 Å². The fraction of sp³-hybridized carbons (Fsp3) is 0.316. The highest BCUT2D eigenvalue weighted by atomic mass is 16.2. The first-order valence-corrected chi connectivity index (χ1v) is 8.81. The number of carbonyl (C=O) groups excluding carboxylic acids is 1. The molecule has 1 atom stereocenters. The number of nitrogens with zero attached hydrogens (tertiary/aromatic N) is 4. The second kappa shape index (κ2) is 6.79. The number of aromatic nitrogens is 4. The standard InChI is InChI=1S/C19H19N5O3/c1-23-18(26)9-12-8-13(6-7-15(12)22-23)21-17(25)10-24-11-20-16-5-3-2-4-14(16)19(24)27/h2-5,9,11,13H,6-8,10H2,1H3,(H,21,25). The summed E-state index contributed by atoms with van der Waals surface area (Å²) < 4.78 is 2.64. The Bertz CT molecular complexity index is 1150. The van der Waals surface area contributed by atoms with E-state index in [2.05, 4.69) is 15.4 Å². The van der Waals surface area contributed by atoms with E-state index >= 15 is 0 Å². The molecule has 4 rings (SSSR count). The third kappa shape index (κ3) is 3.38. The van der Waals surface area contributed by atoms with Crippen molar-refractivity contribution in [3.05, 3.63) is 68.6 Å². The number of aryl methyl sites for hydroxylation is 2. The predicted molar refractivity (Wildman–Crippen MR) is 99.4 cm³/mol. The van der Waals surface area contributed by atoms with Gasteiger partial charge in [-0.25, -0.2) is 9.67 Å². The molecular weight excluding hydrogens is 346 g/mol. The van der Waals surface area contributed by atoms with E-state index in [0.717, 1.165) is 17.7 Å². The van der Waals surface area contributed by atoms with E-state index in [-0.39, 0.29) is 29.6 Å². The highest BCUT2D eigenvalue weighted by Crippen LogP contribution is 2.17. The summed E-state index contributed by atoms with van der Waals surface area (Å²) in [5.74, 6) is -0.251. The molecule has 1 aromatic carbocycles. The molecule has 8 heteroatoms. The number of para-hydroxylation sites is 1. The molecule has 1 unspecified atom stereocenters. The first kappa shape index (κ1) is 17.1. The fourth-order valence-corrected chi connectivity index (χ4v) is 3.46. The molecule has 1 aliphatic carbocycles. The summed E-state index contributed by atoms with van der Waals surface area (Å²) >= 11 is 0. The molecule has 1 aliphatic rings. The lowest BCUT2D eigenvalue weighted by Gasteiger charge is -2.25. The minimum Gasteiger partial charge on any atom is -0.351 e. The second-order valence-corrected chi connectivity index (χ2v) is 6.78. The molecule has 0 fully saturated rings. The summed E-state index contributed by atoms with van der Waals surface area (Å²) in [5.41, 5.74) is 1.99. The Kier molecular flexibility index (Phi) is 4.31. The summed E-state index contributed by atoms with van der Waals surface area (Å²) in [6.45, 7) is -0.0885. The van der Waals surface area contributed by atoms with Gasteiger partial charge < -0.3 is 5.32 Å². The SMILES string of the molecule is Cn1nc2c(cc1=O)CC(NC(=O)Cn1cnc3ccccc3c1=O)CC2. The Morgan fingerprint density at radius 2 is 2.11 bits per heavy atom. The second-order valence-electron chi connectivity index (χ2n) is 6.78. The molecular formula is C19H19N5O3. The van der Waals surface area contributed by atoms with Gasteiger partial charge in [0.25, 0.3) is 11.1 Å². The van der Waals surface area contributed by atoms with Gasteiger partial charge >= 0.3 is 0 Å². The molecule has 0 saturated heterocycles. The fourth-order valence-electron chi connectivity index (χ4n) is 3.46. The van der Waals surface area contributed by atoms with Gasteiger partial charge in [0.05, 0.1) is 22.9 Å².